The van der Waals surface area contributed by atoms with Crippen LogP contribution in [0.4, 0.5) is 11.4 Å². The summed E-state index contributed by atoms with van der Waals surface area (Å²) in [7, 11) is 0. The topological polar surface area (TPSA) is 61.6 Å². The summed E-state index contributed by atoms with van der Waals surface area (Å²) in [6.45, 7) is 0. The minimum absolute atomic E-state index is 0.384. The van der Waals surface area contributed by atoms with E-state index in [1.54, 1.807) is 24.5 Å². The van der Waals surface area contributed by atoms with Crippen molar-refractivity contribution in [2.45, 2.75) is 0 Å². The molecule has 0 aliphatic rings. The second-order valence-corrected chi connectivity index (χ2v) is 4.57. The van der Waals surface area contributed by atoms with Crippen molar-refractivity contribution in [2.24, 2.45) is 0 Å². The lowest BCUT2D eigenvalue weighted by Gasteiger charge is -2.09. The van der Waals surface area contributed by atoms with Gasteiger partial charge in [-0.15, -0.1) is 0 Å². The molecule has 0 saturated heterocycles. The van der Waals surface area contributed by atoms with E-state index < -0.39 is 0 Å². The first-order chi connectivity index (χ1) is 9.78. The first-order valence-electron chi connectivity index (χ1n) is 5.94. The van der Waals surface area contributed by atoms with Gasteiger partial charge in [-0.1, -0.05) is 11.6 Å². The number of rotatable bonds is 2. The SMILES string of the molecule is N#Cc1ccc(Nc2ccc(Cl)c3cccnc23)cn1. The van der Waals surface area contributed by atoms with Crippen LogP contribution >= 0.6 is 11.6 Å². The van der Waals surface area contributed by atoms with Gasteiger partial charge in [0.2, 0.25) is 0 Å². The summed E-state index contributed by atoms with van der Waals surface area (Å²) in [5.41, 5.74) is 2.81. The molecule has 0 spiro atoms. The summed E-state index contributed by atoms with van der Waals surface area (Å²) < 4.78 is 0. The molecule has 0 radical (unpaired) electrons. The smallest absolute Gasteiger partial charge is 0.140 e. The molecule has 96 valence electrons. The van der Waals surface area contributed by atoms with Gasteiger partial charge in [-0.05, 0) is 36.4 Å². The Kier molecular flexibility index (Phi) is 3.20. The highest BCUT2D eigenvalue weighted by atomic mass is 35.5. The van der Waals surface area contributed by atoms with Crippen molar-refractivity contribution >= 4 is 33.9 Å². The van der Waals surface area contributed by atoms with Crippen LogP contribution in [0.3, 0.4) is 0 Å². The molecule has 0 aliphatic heterocycles. The average molecular weight is 281 g/mol. The number of nitriles is 1. The predicted octanol–water partition coefficient (Wildman–Crippen LogP) is 3.90. The van der Waals surface area contributed by atoms with Crippen molar-refractivity contribution < 1.29 is 0 Å². The first-order valence-corrected chi connectivity index (χ1v) is 6.32. The van der Waals surface area contributed by atoms with Gasteiger partial charge in [0.15, 0.2) is 0 Å². The summed E-state index contributed by atoms with van der Waals surface area (Å²) in [6, 6.07) is 12.9. The Morgan fingerprint density at radius 2 is 2.00 bits per heavy atom. The number of pyridine rings is 2. The maximum Gasteiger partial charge on any atom is 0.140 e. The molecule has 0 unspecified atom stereocenters. The van der Waals surface area contributed by atoms with Gasteiger partial charge in [-0.25, -0.2) is 4.98 Å². The average Bonchev–Trinajstić information content (AvgIpc) is 2.51. The molecule has 5 heteroatoms. The predicted molar refractivity (Wildman–Crippen MR) is 79.0 cm³/mol. The molecule has 0 atom stereocenters. The highest BCUT2D eigenvalue weighted by Crippen LogP contribution is 2.29. The Bertz CT molecular complexity index is 806. The van der Waals surface area contributed by atoms with Crippen LogP contribution in [-0.4, -0.2) is 9.97 Å². The molecule has 2 heterocycles. The monoisotopic (exact) mass is 280 g/mol. The van der Waals surface area contributed by atoms with Crippen molar-refractivity contribution in [3.05, 3.63) is 59.5 Å². The normalized spacial score (nSPS) is 10.2. The second kappa shape index (κ2) is 5.16. The van der Waals surface area contributed by atoms with Crippen LogP contribution in [0.1, 0.15) is 5.69 Å². The summed E-state index contributed by atoms with van der Waals surface area (Å²) in [5.74, 6) is 0. The third-order valence-corrected chi connectivity index (χ3v) is 3.20. The lowest BCUT2D eigenvalue weighted by Crippen LogP contribution is -1.94. The fraction of sp³-hybridized carbons (Fsp3) is 0. The number of aromatic nitrogens is 2. The number of hydrogen-bond acceptors (Lipinski definition) is 4. The van der Waals surface area contributed by atoms with E-state index in [9.17, 15) is 0 Å². The summed E-state index contributed by atoms with van der Waals surface area (Å²) in [5, 5.41) is 13.5. The van der Waals surface area contributed by atoms with Gasteiger partial charge in [0.25, 0.3) is 0 Å². The summed E-state index contributed by atoms with van der Waals surface area (Å²) >= 11 is 6.16. The summed E-state index contributed by atoms with van der Waals surface area (Å²) in [4.78, 5) is 8.37. The second-order valence-electron chi connectivity index (χ2n) is 4.16. The zero-order valence-electron chi connectivity index (χ0n) is 10.3. The van der Waals surface area contributed by atoms with E-state index in [-0.39, 0.29) is 0 Å². The highest BCUT2D eigenvalue weighted by Gasteiger charge is 2.06. The molecule has 4 nitrogen and oxygen atoms in total. The third kappa shape index (κ3) is 2.27. The van der Waals surface area contributed by atoms with Gasteiger partial charge in [-0.2, -0.15) is 5.26 Å². The minimum Gasteiger partial charge on any atom is -0.352 e. The Hall–Kier alpha value is -2.64. The molecule has 0 amide bonds. The standard InChI is InChI=1S/C15H9ClN4/c16-13-5-6-14(15-12(13)2-1-7-18-15)20-11-4-3-10(8-17)19-9-11/h1-7,9,20H. The van der Waals surface area contributed by atoms with Crippen LogP contribution in [0.5, 0.6) is 0 Å². The Morgan fingerprint density at radius 1 is 1.10 bits per heavy atom. The van der Waals surface area contributed by atoms with Gasteiger partial charge in [-0.3, -0.25) is 4.98 Å². The van der Waals surface area contributed by atoms with Crippen molar-refractivity contribution in [3.63, 3.8) is 0 Å². The van der Waals surface area contributed by atoms with E-state index in [0.29, 0.717) is 10.7 Å². The van der Waals surface area contributed by atoms with E-state index >= 15 is 0 Å². The maximum absolute atomic E-state index is 8.73. The van der Waals surface area contributed by atoms with E-state index in [1.807, 2.05) is 30.3 Å². The van der Waals surface area contributed by atoms with Crippen LogP contribution in [-0.2, 0) is 0 Å². The zero-order chi connectivity index (χ0) is 13.9. The van der Waals surface area contributed by atoms with Crippen molar-refractivity contribution in [1.82, 2.24) is 9.97 Å². The first kappa shape index (κ1) is 12.4. The van der Waals surface area contributed by atoms with Crippen LogP contribution in [0.2, 0.25) is 5.02 Å². The highest BCUT2D eigenvalue weighted by molar-refractivity contribution is 6.35. The van der Waals surface area contributed by atoms with Gasteiger partial charge in [0, 0.05) is 11.6 Å². The molecule has 0 saturated carbocycles. The molecular weight excluding hydrogens is 272 g/mol. The summed E-state index contributed by atoms with van der Waals surface area (Å²) in [6.07, 6.45) is 3.34. The molecular formula is C15H9ClN4. The minimum atomic E-state index is 0.384. The number of anilines is 2. The van der Waals surface area contributed by atoms with Crippen LogP contribution < -0.4 is 5.32 Å². The molecule has 1 aromatic carbocycles. The number of nitrogens with one attached hydrogen (secondary N) is 1. The molecule has 0 aliphatic carbocycles. The van der Waals surface area contributed by atoms with Gasteiger partial charge in [0.05, 0.1) is 28.1 Å². The Morgan fingerprint density at radius 3 is 2.75 bits per heavy atom. The zero-order valence-corrected chi connectivity index (χ0v) is 11.1. The Labute approximate surface area is 120 Å². The van der Waals surface area contributed by atoms with Crippen LogP contribution in [0, 0.1) is 11.3 Å². The number of halogens is 1. The van der Waals surface area contributed by atoms with Crippen molar-refractivity contribution in [2.75, 3.05) is 5.32 Å². The fourth-order valence-electron chi connectivity index (χ4n) is 1.93. The van der Waals surface area contributed by atoms with Crippen molar-refractivity contribution in [1.29, 1.82) is 5.26 Å². The fourth-order valence-corrected chi connectivity index (χ4v) is 2.14. The van der Waals surface area contributed by atoms with E-state index in [1.165, 1.54) is 0 Å². The number of benzene rings is 1. The third-order valence-electron chi connectivity index (χ3n) is 2.87. The lowest BCUT2D eigenvalue weighted by molar-refractivity contribution is 1.26. The van der Waals surface area contributed by atoms with Crippen molar-refractivity contribution in [3.8, 4) is 6.07 Å². The number of hydrogen-bond donors (Lipinski definition) is 1. The quantitative estimate of drug-likeness (QED) is 0.773. The Balaban J connectivity index is 2.02. The molecule has 2 aromatic heterocycles. The van der Waals surface area contributed by atoms with E-state index in [0.717, 1.165) is 22.3 Å². The van der Waals surface area contributed by atoms with Gasteiger partial charge >= 0.3 is 0 Å². The molecule has 3 aromatic rings. The number of fused-ring (bicyclic) bond motifs is 1. The largest absolute Gasteiger partial charge is 0.352 e. The lowest BCUT2D eigenvalue weighted by atomic mass is 10.2. The molecule has 0 bridgehead atoms. The number of nitrogens with zero attached hydrogens (tertiary/aromatic N) is 3. The molecule has 20 heavy (non-hydrogen) atoms. The molecule has 1 N–H and O–H groups in total. The van der Waals surface area contributed by atoms with Gasteiger partial charge < -0.3 is 5.32 Å². The van der Waals surface area contributed by atoms with E-state index in [4.69, 9.17) is 16.9 Å². The van der Waals surface area contributed by atoms with Gasteiger partial charge in [0.1, 0.15) is 11.8 Å². The van der Waals surface area contributed by atoms with Crippen LogP contribution in [0.15, 0.2) is 48.8 Å². The molecule has 3 rings (SSSR count). The molecule has 0 fully saturated rings. The maximum atomic E-state index is 8.73. The van der Waals surface area contributed by atoms with E-state index in [2.05, 4.69) is 15.3 Å². The van der Waals surface area contributed by atoms with Crippen LogP contribution in [0.25, 0.3) is 10.9 Å².